The van der Waals surface area contributed by atoms with Crippen molar-refractivity contribution in [3.63, 3.8) is 0 Å². The van der Waals surface area contributed by atoms with Crippen LogP contribution in [0, 0.1) is 0 Å². The van der Waals surface area contributed by atoms with E-state index in [-0.39, 0.29) is 0 Å². The number of hydrogen-bond donors (Lipinski definition) is 2. The van der Waals surface area contributed by atoms with E-state index >= 15 is 0 Å². The van der Waals surface area contributed by atoms with Crippen LogP contribution in [0.1, 0.15) is 19.8 Å². The van der Waals surface area contributed by atoms with E-state index in [1.807, 2.05) is 6.92 Å². The van der Waals surface area contributed by atoms with E-state index in [0.717, 1.165) is 12.0 Å². The van der Waals surface area contributed by atoms with Crippen molar-refractivity contribution in [3.8, 4) is 0 Å². The highest BCUT2D eigenvalue weighted by molar-refractivity contribution is 4.86. The first kappa shape index (κ1) is 14.6. The van der Waals surface area contributed by atoms with Crippen molar-refractivity contribution in [2.45, 2.75) is 26.0 Å². The summed E-state index contributed by atoms with van der Waals surface area (Å²) < 4.78 is 10.6. The van der Waals surface area contributed by atoms with E-state index in [2.05, 4.69) is 11.9 Å². The Bertz CT molecular complexity index is 162. The van der Waals surface area contributed by atoms with Crippen LogP contribution in [0.3, 0.4) is 0 Å². The summed E-state index contributed by atoms with van der Waals surface area (Å²) in [5, 5.41) is 11.9. The van der Waals surface area contributed by atoms with Crippen LogP contribution >= 0.6 is 0 Å². The molecule has 0 aromatic rings. The van der Waals surface area contributed by atoms with Gasteiger partial charge in [0.25, 0.3) is 0 Å². The summed E-state index contributed by atoms with van der Waals surface area (Å²) in [4.78, 5) is 0. The quantitative estimate of drug-likeness (QED) is 0.324. The van der Waals surface area contributed by atoms with Crippen molar-refractivity contribution in [3.05, 3.63) is 12.2 Å². The third-order valence-corrected chi connectivity index (χ3v) is 1.91. The zero-order valence-electron chi connectivity index (χ0n) is 9.79. The molecule has 1 atom stereocenters. The van der Waals surface area contributed by atoms with Gasteiger partial charge in [0, 0.05) is 6.42 Å². The monoisotopic (exact) mass is 217 g/mol. The van der Waals surface area contributed by atoms with Crippen molar-refractivity contribution in [2.75, 3.05) is 33.5 Å². The van der Waals surface area contributed by atoms with Crippen LogP contribution in [-0.4, -0.2) is 44.8 Å². The molecular formula is C11H23NO3. The molecule has 0 aliphatic rings. The topological polar surface area (TPSA) is 50.7 Å². The van der Waals surface area contributed by atoms with Gasteiger partial charge in [-0.2, -0.15) is 0 Å². The van der Waals surface area contributed by atoms with E-state index in [0.29, 0.717) is 32.8 Å². The van der Waals surface area contributed by atoms with Crippen molar-refractivity contribution in [2.24, 2.45) is 0 Å². The molecule has 0 rings (SSSR count). The summed E-state index contributed by atoms with van der Waals surface area (Å²) in [6.07, 6.45) is 1.02. The van der Waals surface area contributed by atoms with Gasteiger partial charge in [0.1, 0.15) is 6.23 Å². The average molecular weight is 217 g/mol. The normalized spacial score (nSPS) is 12.7. The standard InChI is InChI=1S/C11H23NO3/c1-10(2)4-6-14-8-9-15-7-5-11(13)12-3/h11-13H,1,4-9H2,2-3H3. The fourth-order valence-electron chi connectivity index (χ4n) is 0.908. The Morgan fingerprint density at radius 1 is 1.27 bits per heavy atom. The zero-order valence-corrected chi connectivity index (χ0v) is 9.79. The highest BCUT2D eigenvalue weighted by atomic mass is 16.5. The van der Waals surface area contributed by atoms with Gasteiger partial charge in [0.15, 0.2) is 0 Å². The maximum absolute atomic E-state index is 9.13. The first-order valence-corrected chi connectivity index (χ1v) is 5.32. The Kier molecular flexibility index (Phi) is 9.83. The van der Waals surface area contributed by atoms with Crippen molar-refractivity contribution in [1.29, 1.82) is 0 Å². The lowest BCUT2D eigenvalue weighted by molar-refractivity contribution is 0.0289. The smallest absolute Gasteiger partial charge is 0.106 e. The van der Waals surface area contributed by atoms with E-state index < -0.39 is 6.23 Å². The van der Waals surface area contributed by atoms with Gasteiger partial charge in [-0.05, 0) is 20.4 Å². The molecule has 0 aromatic heterocycles. The molecule has 0 saturated heterocycles. The Balaban J connectivity index is 3.02. The molecule has 4 heteroatoms. The second-order valence-corrected chi connectivity index (χ2v) is 3.52. The molecule has 15 heavy (non-hydrogen) atoms. The summed E-state index contributed by atoms with van der Waals surface area (Å²) >= 11 is 0. The second kappa shape index (κ2) is 10.1. The molecule has 0 aromatic carbocycles. The highest BCUT2D eigenvalue weighted by Crippen LogP contribution is 1.95. The first-order chi connectivity index (χ1) is 7.16. The van der Waals surface area contributed by atoms with Gasteiger partial charge < -0.3 is 14.6 Å². The molecule has 0 radical (unpaired) electrons. The van der Waals surface area contributed by atoms with Crippen LogP contribution in [-0.2, 0) is 9.47 Å². The Morgan fingerprint density at radius 2 is 1.87 bits per heavy atom. The van der Waals surface area contributed by atoms with Crippen LogP contribution in [0.2, 0.25) is 0 Å². The number of hydrogen-bond acceptors (Lipinski definition) is 4. The van der Waals surface area contributed by atoms with Crippen molar-refractivity contribution in [1.82, 2.24) is 5.32 Å². The number of aliphatic hydroxyl groups is 1. The van der Waals surface area contributed by atoms with Crippen LogP contribution < -0.4 is 5.32 Å². The number of ether oxygens (including phenoxy) is 2. The van der Waals surface area contributed by atoms with Crippen LogP contribution in [0.5, 0.6) is 0 Å². The molecule has 0 aliphatic carbocycles. The van der Waals surface area contributed by atoms with Crippen molar-refractivity contribution >= 4 is 0 Å². The molecule has 1 unspecified atom stereocenters. The molecule has 0 saturated carbocycles. The molecule has 0 heterocycles. The minimum Gasteiger partial charge on any atom is -0.379 e. The molecule has 0 aliphatic heterocycles. The summed E-state index contributed by atoms with van der Waals surface area (Å²) in [6, 6.07) is 0. The molecule has 0 spiro atoms. The minimum atomic E-state index is -0.477. The SMILES string of the molecule is C=C(C)CCOCCOCCC(O)NC. The van der Waals surface area contributed by atoms with Gasteiger partial charge in [-0.15, -0.1) is 6.58 Å². The van der Waals surface area contributed by atoms with Crippen LogP contribution in [0.15, 0.2) is 12.2 Å². The number of rotatable bonds is 10. The maximum Gasteiger partial charge on any atom is 0.106 e. The van der Waals surface area contributed by atoms with Gasteiger partial charge >= 0.3 is 0 Å². The largest absolute Gasteiger partial charge is 0.379 e. The van der Waals surface area contributed by atoms with E-state index in [4.69, 9.17) is 14.6 Å². The average Bonchev–Trinajstić information content (AvgIpc) is 2.21. The predicted molar refractivity (Wildman–Crippen MR) is 60.8 cm³/mol. The fraction of sp³-hybridized carbons (Fsp3) is 0.818. The molecule has 0 fully saturated rings. The van der Waals surface area contributed by atoms with Gasteiger partial charge in [-0.1, -0.05) is 5.57 Å². The fourth-order valence-corrected chi connectivity index (χ4v) is 0.908. The van der Waals surface area contributed by atoms with Crippen LogP contribution in [0.4, 0.5) is 0 Å². The third kappa shape index (κ3) is 11.5. The number of nitrogens with one attached hydrogen (secondary N) is 1. The van der Waals surface area contributed by atoms with Crippen LogP contribution in [0.25, 0.3) is 0 Å². The summed E-state index contributed by atoms with van der Waals surface area (Å²) in [7, 11) is 1.71. The van der Waals surface area contributed by atoms with Gasteiger partial charge in [0.05, 0.1) is 26.4 Å². The maximum atomic E-state index is 9.13. The van der Waals surface area contributed by atoms with Gasteiger partial charge in [0.2, 0.25) is 0 Å². The molecular weight excluding hydrogens is 194 g/mol. The zero-order chi connectivity index (χ0) is 11.5. The second-order valence-electron chi connectivity index (χ2n) is 3.52. The molecule has 90 valence electrons. The Labute approximate surface area is 92.3 Å². The number of aliphatic hydroxyl groups excluding tert-OH is 1. The predicted octanol–water partition coefficient (Wildman–Crippen LogP) is 0.914. The van der Waals surface area contributed by atoms with Crippen molar-refractivity contribution < 1.29 is 14.6 Å². The lowest BCUT2D eigenvalue weighted by atomic mass is 10.3. The summed E-state index contributed by atoms with van der Waals surface area (Å²) in [5.74, 6) is 0. The molecule has 4 nitrogen and oxygen atoms in total. The van der Waals surface area contributed by atoms with E-state index in [9.17, 15) is 0 Å². The third-order valence-electron chi connectivity index (χ3n) is 1.91. The Morgan fingerprint density at radius 3 is 2.40 bits per heavy atom. The molecule has 0 bridgehead atoms. The Hall–Kier alpha value is -0.420. The van der Waals surface area contributed by atoms with E-state index in [1.165, 1.54) is 0 Å². The van der Waals surface area contributed by atoms with E-state index in [1.54, 1.807) is 7.05 Å². The first-order valence-electron chi connectivity index (χ1n) is 5.32. The lowest BCUT2D eigenvalue weighted by Crippen LogP contribution is -2.26. The van der Waals surface area contributed by atoms with Gasteiger partial charge in [-0.25, -0.2) is 0 Å². The summed E-state index contributed by atoms with van der Waals surface area (Å²) in [6.45, 7) is 8.20. The highest BCUT2D eigenvalue weighted by Gasteiger charge is 1.98. The molecule has 2 N–H and O–H groups in total. The lowest BCUT2D eigenvalue weighted by Gasteiger charge is -2.09. The van der Waals surface area contributed by atoms with Gasteiger partial charge in [-0.3, -0.25) is 5.32 Å². The summed E-state index contributed by atoms with van der Waals surface area (Å²) in [5.41, 5.74) is 1.13. The molecule has 0 amide bonds. The minimum absolute atomic E-state index is 0.477.